The van der Waals surface area contributed by atoms with Gasteiger partial charge in [-0.3, -0.25) is 4.79 Å². The van der Waals surface area contributed by atoms with Gasteiger partial charge in [0.25, 0.3) is 5.91 Å². The average molecular weight is 455 g/mol. The first-order valence-electron chi connectivity index (χ1n) is 9.69. The lowest BCUT2D eigenvalue weighted by Gasteiger charge is -2.23. The quantitative estimate of drug-likeness (QED) is 0.397. The van der Waals surface area contributed by atoms with Crippen LogP contribution in [-0.4, -0.2) is 33.0 Å². The van der Waals surface area contributed by atoms with Crippen LogP contribution in [0, 0.1) is 12.7 Å². The summed E-state index contributed by atoms with van der Waals surface area (Å²) in [5, 5.41) is 3.80. The minimum absolute atomic E-state index is 0.186. The van der Waals surface area contributed by atoms with E-state index in [9.17, 15) is 9.18 Å². The summed E-state index contributed by atoms with van der Waals surface area (Å²) >= 11 is 6.55. The first kappa shape index (κ1) is 21.5. The largest absolute Gasteiger partial charge is 0.496 e. The van der Waals surface area contributed by atoms with E-state index < -0.39 is 11.7 Å². The zero-order chi connectivity index (χ0) is 23.0. The number of imidazole rings is 1. The van der Waals surface area contributed by atoms with Crippen LogP contribution in [0.1, 0.15) is 34.5 Å². The van der Waals surface area contributed by atoms with Gasteiger partial charge in [-0.05, 0) is 43.2 Å². The van der Waals surface area contributed by atoms with Gasteiger partial charge in [-0.1, -0.05) is 17.7 Å². The minimum Gasteiger partial charge on any atom is -0.496 e. The van der Waals surface area contributed by atoms with E-state index in [1.807, 2.05) is 13.8 Å². The fourth-order valence-electron chi connectivity index (χ4n) is 3.66. The summed E-state index contributed by atoms with van der Waals surface area (Å²) in [6, 6.07) is 5.72. The number of primary amides is 1. The Hall–Kier alpha value is -3.72. The van der Waals surface area contributed by atoms with E-state index in [2.05, 4.69) is 25.3 Å². The van der Waals surface area contributed by atoms with Gasteiger partial charge < -0.3 is 20.8 Å². The van der Waals surface area contributed by atoms with Crippen molar-refractivity contribution in [2.75, 3.05) is 12.4 Å². The summed E-state index contributed by atoms with van der Waals surface area (Å²) in [6.45, 7) is 3.74. The Morgan fingerprint density at radius 1 is 1.28 bits per heavy atom. The second-order valence-electron chi connectivity index (χ2n) is 7.23. The number of benzene rings is 2. The topological polar surface area (TPSA) is 119 Å². The Morgan fingerprint density at radius 3 is 2.75 bits per heavy atom. The molecule has 0 bridgehead atoms. The molecule has 0 radical (unpaired) electrons. The van der Waals surface area contributed by atoms with E-state index in [1.54, 1.807) is 18.5 Å². The second-order valence-corrected chi connectivity index (χ2v) is 7.63. The lowest BCUT2D eigenvalue weighted by atomic mass is 9.93. The Kier molecular flexibility index (Phi) is 5.67. The molecule has 8 nitrogen and oxygen atoms in total. The van der Waals surface area contributed by atoms with Crippen LogP contribution in [0.2, 0.25) is 5.02 Å². The Morgan fingerprint density at radius 2 is 2.06 bits per heavy atom. The Bertz CT molecular complexity index is 1340. The van der Waals surface area contributed by atoms with Gasteiger partial charge in [0.15, 0.2) is 11.5 Å². The number of nitrogens with two attached hydrogens (primary N) is 1. The first-order chi connectivity index (χ1) is 15.3. The predicted octanol–water partition coefficient (Wildman–Crippen LogP) is 4.40. The van der Waals surface area contributed by atoms with Crippen LogP contribution in [0.3, 0.4) is 0 Å². The molecule has 10 heteroatoms. The Labute approximate surface area is 188 Å². The molecule has 0 aliphatic rings. The second kappa shape index (κ2) is 8.43. The predicted molar refractivity (Wildman–Crippen MR) is 120 cm³/mol. The van der Waals surface area contributed by atoms with Gasteiger partial charge in [0, 0.05) is 16.1 Å². The highest BCUT2D eigenvalue weighted by Crippen LogP contribution is 2.43. The van der Waals surface area contributed by atoms with E-state index in [4.69, 9.17) is 22.1 Å². The number of carbonyl (C=O) groups is 1. The van der Waals surface area contributed by atoms with Crippen LogP contribution >= 0.6 is 11.6 Å². The molecule has 4 aromatic rings. The highest BCUT2D eigenvalue weighted by atomic mass is 35.5. The number of H-pyrrole nitrogens is 1. The van der Waals surface area contributed by atoms with Gasteiger partial charge in [0.1, 0.15) is 23.4 Å². The number of methoxy groups -OCH3 is 1. The van der Waals surface area contributed by atoms with Crippen molar-refractivity contribution in [3.63, 3.8) is 0 Å². The molecule has 1 amide bonds. The maximum Gasteiger partial charge on any atom is 0.251 e. The van der Waals surface area contributed by atoms with Gasteiger partial charge in [-0.15, -0.1) is 0 Å². The normalized spacial score (nSPS) is 12.0. The van der Waals surface area contributed by atoms with Crippen molar-refractivity contribution in [3.8, 4) is 16.9 Å². The van der Waals surface area contributed by atoms with E-state index >= 15 is 0 Å². The number of fused-ring (bicyclic) bond motifs is 1. The van der Waals surface area contributed by atoms with Crippen LogP contribution < -0.4 is 15.8 Å². The smallest absolute Gasteiger partial charge is 0.251 e. The molecule has 1 unspecified atom stereocenters. The van der Waals surface area contributed by atoms with E-state index in [0.29, 0.717) is 44.4 Å². The van der Waals surface area contributed by atoms with E-state index in [-0.39, 0.29) is 11.6 Å². The zero-order valence-corrected chi connectivity index (χ0v) is 18.3. The number of aromatic nitrogens is 4. The zero-order valence-electron chi connectivity index (χ0n) is 17.5. The molecule has 0 saturated heterocycles. The average Bonchev–Trinajstić information content (AvgIpc) is 3.24. The monoisotopic (exact) mass is 454 g/mol. The maximum atomic E-state index is 14.5. The molecule has 2 aromatic carbocycles. The summed E-state index contributed by atoms with van der Waals surface area (Å²) in [5.41, 5.74) is 8.82. The third kappa shape index (κ3) is 3.71. The third-order valence-corrected chi connectivity index (χ3v) is 5.66. The number of anilines is 1. The molecule has 164 valence electrons. The highest BCUT2D eigenvalue weighted by molar-refractivity contribution is 6.32. The van der Waals surface area contributed by atoms with Crippen LogP contribution in [0.5, 0.6) is 5.75 Å². The minimum atomic E-state index is -0.836. The van der Waals surface area contributed by atoms with Crippen LogP contribution in [0.25, 0.3) is 22.3 Å². The van der Waals surface area contributed by atoms with Crippen molar-refractivity contribution in [1.82, 2.24) is 19.9 Å². The summed E-state index contributed by atoms with van der Waals surface area (Å²) in [6.07, 6.45) is 2.98. The van der Waals surface area contributed by atoms with Crippen LogP contribution in [0.4, 0.5) is 10.2 Å². The molecular formula is C22H20ClFN6O2. The van der Waals surface area contributed by atoms with Crippen molar-refractivity contribution in [3.05, 3.63) is 64.5 Å². The number of hydrogen-bond acceptors (Lipinski definition) is 6. The number of halogens is 2. The van der Waals surface area contributed by atoms with Crippen LogP contribution in [0.15, 0.2) is 36.9 Å². The van der Waals surface area contributed by atoms with Crippen molar-refractivity contribution >= 4 is 34.5 Å². The number of amides is 1. The lowest BCUT2D eigenvalue weighted by Crippen LogP contribution is -2.13. The standard InChI is InChI=1S/C22H20ClFN6O2/c1-10-15(23)7-14(11(2)30-22-18-21(27-8-26-18)28-9-29-22)19(32-3)17(10)12-4-5-13(20(25)31)16(24)6-12/h4-9,11H,1-3H3,(H2,25,31)(H2,26,27,28,29,30). The number of nitrogens with zero attached hydrogens (tertiary/aromatic N) is 3. The molecule has 0 saturated carbocycles. The summed E-state index contributed by atoms with van der Waals surface area (Å²) in [5.74, 6) is -0.491. The highest BCUT2D eigenvalue weighted by Gasteiger charge is 2.23. The van der Waals surface area contributed by atoms with Gasteiger partial charge in [0.2, 0.25) is 0 Å². The maximum absolute atomic E-state index is 14.5. The van der Waals surface area contributed by atoms with Crippen molar-refractivity contribution in [2.45, 2.75) is 19.9 Å². The van der Waals surface area contributed by atoms with Crippen molar-refractivity contribution in [2.24, 2.45) is 5.73 Å². The Balaban J connectivity index is 1.82. The fraction of sp³-hybridized carbons (Fsp3) is 0.182. The molecule has 0 fully saturated rings. The SMILES string of the molecule is COc1c(C(C)Nc2ncnc3[nH]cnc23)cc(Cl)c(C)c1-c1ccc(C(N)=O)c(F)c1. The molecule has 0 aliphatic heterocycles. The van der Waals surface area contributed by atoms with Crippen molar-refractivity contribution in [1.29, 1.82) is 0 Å². The van der Waals surface area contributed by atoms with Gasteiger partial charge in [0.05, 0.1) is 25.0 Å². The number of nitrogens with one attached hydrogen (secondary N) is 2. The molecule has 32 heavy (non-hydrogen) atoms. The molecule has 2 aromatic heterocycles. The third-order valence-electron chi connectivity index (χ3n) is 5.27. The van der Waals surface area contributed by atoms with Gasteiger partial charge in [-0.2, -0.15) is 0 Å². The van der Waals surface area contributed by atoms with E-state index in [0.717, 1.165) is 5.56 Å². The molecule has 4 rings (SSSR count). The van der Waals surface area contributed by atoms with Crippen molar-refractivity contribution < 1.29 is 13.9 Å². The summed E-state index contributed by atoms with van der Waals surface area (Å²) in [7, 11) is 1.53. The lowest BCUT2D eigenvalue weighted by molar-refractivity contribution is 0.0996. The first-order valence-corrected chi connectivity index (χ1v) is 10.1. The van der Waals surface area contributed by atoms with E-state index in [1.165, 1.54) is 25.6 Å². The summed E-state index contributed by atoms with van der Waals surface area (Å²) < 4.78 is 20.3. The fourth-order valence-corrected chi connectivity index (χ4v) is 3.87. The molecule has 1 atom stereocenters. The molecule has 4 N–H and O–H groups in total. The van der Waals surface area contributed by atoms with Crippen LogP contribution in [-0.2, 0) is 0 Å². The molecular weight excluding hydrogens is 435 g/mol. The number of hydrogen-bond donors (Lipinski definition) is 3. The molecule has 2 heterocycles. The number of ether oxygens (including phenoxy) is 1. The van der Waals surface area contributed by atoms with Gasteiger partial charge in [-0.25, -0.2) is 19.3 Å². The number of rotatable bonds is 6. The number of aromatic amines is 1. The molecule has 0 aliphatic carbocycles. The summed E-state index contributed by atoms with van der Waals surface area (Å²) in [4.78, 5) is 27.0. The van der Waals surface area contributed by atoms with Gasteiger partial charge >= 0.3 is 0 Å². The number of carbonyl (C=O) groups excluding carboxylic acids is 1. The molecule has 0 spiro atoms.